The van der Waals surface area contributed by atoms with E-state index in [2.05, 4.69) is 4.98 Å². The van der Waals surface area contributed by atoms with Gasteiger partial charge in [0.15, 0.2) is 0 Å². The number of ether oxygens (including phenoxy) is 1. The van der Waals surface area contributed by atoms with Crippen molar-refractivity contribution in [2.24, 2.45) is 0 Å². The summed E-state index contributed by atoms with van der Waals surface area (Å²) >= 11 is 0. The molecule has 1 N–H and O–H groups in total. The van der Waals surface area contributed by atoms with Gasteiger partial charge in [-0.25, -0.2) is 9.78 Å². The third-order valence-corrected chi connectivity index (χ3v) is 4.98. The summed E-state index contributed by atoms with van der Waals surface area (Å²) in [6.07, 6.45) is 5.99. The molecule has 2 aromatic carbocycles. The topological polar surface area (TPSA) is 107 Å². The van der Waals surface area contributed by atoms with Gasteiger partial charge < -0.3 is 14.4 Å². The summed E-state index contributed by atoms with van der Waals surface area (Å²) in [5, 5.41) is 20.9. The highest BCUT2D eigenvalue weighted by Crippen LogP contribution is 2.30. The van der Waals surface area contributed by atoms with Crippen LogP contribution in [0, 0.1) is 17.0 Å². The smallest absolute Gasteiger partial charge is 0.328 e. The number of carbonyl (C=O) groups is 1. The molecular formula is C24H19N3O5. The Morgan fingerprint density at radius 1 is 1.22 bits per heavy atom. The molecule has 0 spiro atoms. The number of nitro groups is 1. The first kappa shape index (κ1) is 20.8. The highest BCUT2D eigenvalue weighted by molar-refractivity contribution is 5.94. The number of aliphatic carboxylic acids is 1. The third-order valence-electron chi connectivity index (χ3n) is 4.98. The minimum absolute atomic E-state index is 0.00318. The summed E-state index contributed by atoms with van der Waals surface area (Å²) in [5.74, 6) is -0.656. The Morgan fingerprint density at radius 3 is 2.69 bits per heavy atom. The van der Waals surface area contributed by atoms with Crippen LogP contribution in [0.25, 0.3) is 22.7 Å². The molecule has 0 unspecified atom stereocenters. The van der Waals surface area contributed by atoms with Gasteiger partial charge in [-0.1, -0.05) is 30.3 Å². The largest absolute Gasteiger partial charge is 0.478 e. The van der Waals surface area contributed by atoms with Gasteiger partial charge in [0.1, 0.15) is 6.61 Å². The fraction of sp³-hybridized carbons (Fsp3) is 0.0833. The Kier molecular flexibility index (Phi) is 5.67. The molecular weight excluding hydrogens is 410 g/mol. The van der Waals surface area contributed by atoms with Crippen molar-refractivity contribution in [1.29, 1.82) is 0 Å². The maximum atomic E-state index is 11.1. The molecule has 0 aliphatic rings. The summed E-state index contributed by atoms with van der Waals surface area (Å²) in [7, 11) is 0. The number of aromatic nitrogens is 2. The van der Waals surface area contributed by atoms with Gasteiger partial charge in [-0.3, -0.25) is 10.1 Å². The van der Waals surface area contributed by atoms with E-state index in [9.17, 15) is 14.9 Å². The molecule has 8 nitrogen and oxygen atoms in total. The van der Waals surface area contributed by atoms with Gasteiger partial charge in [-0.05, 0) is 30.2 Å². The van der Waals surface area contributed by atoms with E-state index in [1.165, 1.54) is 18.2 Å². The van der Waals surface area contributed by atoms with Gasteiger partial charge in [0.2, 0.25) is 5.88 Å². The number of non-ortho nitro benzene ring substituents is 1. The maximum Gasteiger partial charge on any atom is 0.328 e. The SMILES string of the molecule is Cc1cc([N+](=O)[O-])ccc1-n1cc(/C=C/C(=O)O)c2cc(OCc3ccccc3)ncc21. The van der Waals surface area contributed by atoms with Crippen molar-refractivity contribution in [3.63, 3.8) is 0 Å². The molecule has 8 heteroatoms. The lowest BCUT2D eigenvalue weighted by Gasteiger charge is -2.09. The Morgan fingerprint density at radius 2 is 2.00 bits per heavy atom. The first-order valence-electron chi connectivity index (χ1n) is 9.76. The van der Waals surface area contributed by atoms with Crippen LogP contribution in [-0.4, -0.2) is 25.6 Å². The number of carboxylic acid groups (broad SMARTS) is 1. The monoisotopic (exact) mass is 429 g/mol. The molecule has 2 aromatic heterocycles. The second kappa shape index (κ2) is 8.73. The van der Waals surface area contributed by atoms with Gasteiger partial charge in [0, 0.05) is 47.1 Å². The number of fused-ring (bicyclic) bond motifs is 1. The third kappa shape index (κ3) is 4.34. The van der Waals surface area contributed by atoms with Gasteiger partial charge in [-0.15, -0.1) is 0 Å². The highest BCUT2D eigenvalue weighted by atomic mass is 16.6. The molecule has 0 atom stereocenters. The normalized spacial score (nSPS) is 11.2. The lowest BCUT2D eigenvalue weighted by atomic mass is 10.1. The molecule has 0 bridgehead atoms. The average molecular weight is 429 g/mol. The highest BCUT2D eigenvalue weighted by Gasteiger charge is 2.15. The summed E-state index contributed by atoms with van der Waals surface area (Å²) in [4.78, 5) is 26.1. The molecule has 4 aromatic rings. The van der Waals surface area contributed by atoms with Crippen molar-refractivity contribution >= 4 is 28.6 Å². The van der Waals surface area contributed by atoms with Crippen molar-refractivity contribution in [3.05, 3.63) is 99.9 Å². The van der Waals surface area contributed by atoms with Crippen molar-refractivity contribution < 1.29 is 19.6 Å². The van der Waals surface area contributed by atoms with Gasteiger partial charge in [0.05, 0.1) is 16.6 Å². The molecule has 0 fully saturated rings. The molecule has 4 rings (SSSR count). The van der Waals surface area contributed by atoms with Crippen molar-refractivity contribution in [1.82, 2.24) is 9.55 Å². The second-order valence-electron chi connectivity index (χ2n) is 7.17. The van der Waals surface area contributed by atoms with Gasteiger partial charge in [0.25, 0.3) is 5.69 Å². The number of pyridine rings is 1. The Labute approximate surface area is 183 Å². The first-order chi connectivity index (χ1) is 15.4. The molecule has 0 amide bonds. The predicted molar refractivity (Wildman–Crippen MR) is 120 cm³/mol. The molecule has 32 heavy (non-hydrogen) atoms. The second-order valence-corrected chi connectivity index (χ2v) is 7.17. The van der Waals surface area contributed by atoms with E-state index in [0.717, 1.165) is 28.2 Å². The number of aryl methyl sites for hydroxylation is 1. The zero-order chi connectivity index (χ0) is 22.7. The Hall–Kier alpha value is -4.46. The fourth-order valence-electron chi connectivity index (χ4n) is 3.46. The molecule has 2 heterocycles. The van der Waals surface area contributed by atoms with Crippen LogP contribution in [0.15, 0.2) is 73.1 Å². The number of carboxylic acids is 1. The Bertz CT molecular complexity index is 1340. The molecule has 0 radical (unpaired) electrons. The maximum absolute atomic E-state index is 11.1. The van der Waals surface area contributed by atoms with E-state index in [0.29, 0.717) is 23.6 Å². The summed E-state index contributed by atoms with van der Waals surface area (Å²) in [6, 6.07) is 16.0. The lowest BCUT2D eigenvalue weighted by molar-refractivity contribution is -0.384. The van der Waals surface area contributed by atoms with Crippen LogP contribution in [-0.2, 0) is 11.4 Å². The number of benzene rings is 2. The van der Waals surface area contributed by atoms with E-state index in [-0.39, 0.29) is 5.69 Å². The molecule has 0 aliphatic heterocycles. The van der Waals surface area contributed by atoms with Crippen LogP contribution in [0.2, 0.25) is 0 Å². The van der Waals surface area contributed by atoms with E-state index >= 15 is 0 Å². The summed E-state index contributed by atoms with van der Waals surface area (Å²) in [5.41, 5.74) is 3.82. The molecule has 160 valence electrons. The van der Waals surface area contributed by atoms with Crippen LogP contribution < -0.4 is 4.74 Å². The van der Waals surface area contributed by atoms with Gasteiger partial charge in [-0.2, -0.15) is 0 Å². The fourth-order valence-corrected chi connectivity index (χ4v) is 3.46. The number of hydrogen-bond acceptors (Lipinski definition) is 5. The standard InChI is InChI=1S/C24H19N3O5/c1-16-11-19(27(30)31)8-9-21(16)26-14-18(7-10-24(28)29)20-12-23(25-13-22(20)26)32-15-17-5-3-2-4-6-17/h2-14H,15H2,1H3,(H,28,29)/b10-7+. The van der Waals surface area contributed by atoms with Crippen LogP contribution in [0.5, 0.6) is 5.88 Å². The predicted octanol–water partition coefficient (Wildman–Crippen LogP) is 4.92. The van der Waals surface area contributed by atoms with Crippen LogP contribution in [0.4, 0.5) is 5.69 Å². The number of rotatable bonds is 7. The first-order valence-corrected chi connectivity index (χ1v) is 9.76. The zero-order valence-corrected chi connectivity index (χ0v) is 17.1. The Balaban J connectivity index is 1.77. The van der Waals surface area contributed by atoms with E-state index in [1.807, 2.05) is 34.9 Å². The van der Waals surface area contributed by atoms with Crippen LogP contribution in [0.1, 0.15) is 16.7 Å². The van der Waals surface area contributed by atoms with E-state index in [1.54, 1.807) is 31.5 Å². The van der Waals surface area contributed by atoms with Crippen molar-refractivity contribution in [2.45, 2.75) is 13.5 Å². The van der Waals surface area contributed by atoms with Gasteiger partial charge >= 0.3 is 5.97 Å². The minimum atomic E-state index is -1.06. The lowest BCUT2D eigenvalue weighted by Crippen LogP contribution is -1.99. The average Bonchev–Trinajstić information content (AvgIpc) is 3.14. The number of hydrogen-bond donors (Lipinski definition) is 1. The van der Waals surface area contributed by atoms with Crippen LogP contribution >= 0.6 is 0 Å². The molecule has 0 aliphatic carbocycles. The molecule has 0 saturated heterocycles. The summed E-state index contributed by atoms with van der Waals surface area (Å²) in [6.45, 7) is 2.13. The van der Waals surface area contributed by atoms with E-state index in [4.69, 9.17) is 9.84 Å². The number of nitrogens with zero attached hydrogens (tertiary/aromatic N) is 3. The van der Waals surface area contributed by atoms with Crippen molar-refractivity contribution in [2.75, 3.05) is 0 Å². The zero-order valence-electron chi connectivity index (χ0n) is 17.1. The number of nitro benzene ring substituents is 1. The minimum Gasteiger partial charge on any atom is -0.478 e. The quantitative estimate of drug-likeness (QED) is 0.254. The van der Waals surface area contributed by atoms with E-state index < -0.39 is 10.9 Å². The van der Waals surface area contributed by atoms with Crippen molar-refractivity contribution in [3.8, 4) is 11.6 Å². The summed E-state index contributed by atoms with van der Waals surface area (Å²) < 4.78 is 7.66. The van der Waals surface area contributed by atoms with Crippen LogP contribution in [0.3, 0.4) is 0 Å². The molecule has 0 saturated carbocycles.